The molecule has 2 nitrogen and oxygen atoms in total. The summed E-state index contributed by atoms with van der Waals surface area (Å²) < 4.78 is 2.55. The van der Waals surface area contributed by atoms with Crippen LogP contribution in [0.3, 0.4) is 0 Å². The lowest BCUT2D eigenvalue weighted by atomic mass is 10.2. The zero-order valence-electron chi connectivity index (χ0n) is 10.6. The third-order valence-electron chi connectivity index (χ3n) is 3.82. The van der Waals surface area contributed by atoms with Crippen molar-refractivity contribution < 1.29 is 0 Å². The van der Waals surface area contributed by atoms with Gasteiger partial charge in [0.15, 0.2) is 0 Å². The van der Waals surface area contributed by atoms with Gasteiger partial charge in [0.2, 0.25) is 0 Å². The van der Waals surface area contributed by atoms with E-state index in [9.17, 15) is 0 Å². The Morgan fingerprint density at radius 3 is 2.55 bits per heavy atom. The number of benzene rings is 2. The normalized spacial score (nSPS) is 12.0. The Morgan fingerprint density at radius 1 is 0.800 bits per heavy atom. The number of para-hydroxylation sites is 1. The zero-order valence-corrected chi connectivity index (χ0v) is 11.4. The van der Waals surface area contributed by atoms with Gasteiger partial charge < -0.3 is 4.98 Å². The van der Waals surface area contributed by atoms with E-state index < -0.39 is 0 Å². The lowest BCUT2D eigenvalue weighted by Gasteiger charge is -1.92. The summed E-state index contributed by atoms with van der Waals surface area (Å²) in [5.41, 5.74) is 3.23. The first-order valence-corrected chi connectivity index (χ1v) is 7.40. The molecular formula is C17H10N2S. The van der Waals surface area contributed by atoms with Crippen molar-refractivity contribution in [1.29, 1.82) is 0 Å². The highest BCUT2D eigenvalue weighted by molar-refractivity contribution is 7.25. The molecule has 5 aromatic rings. The second kappa shape index (κ2) is 3.58. The number of aromatic nitrogens is 2. The van der Waals surface area contributed by atoms with Gasteiger partial charge in [0.1, 0.15) is 5.65 Å². The molecule has 0 saturated carbocycles. The Kier molecular flexibility index (Phi) is 1.86. The van der Waals surface area contributed by atoms with Crippen molar-refractivity contribution in [1.82, 2.24) is 9.97 Å². The van der Waals surface area contributed by atoms with Crippen LogP contribution in [0.25, 0.3) is 42.2 Å². The van der Waals surface area contributed by atoms with Gasteiger partial charge in [-0.15, -0.1) is 11.3 Å². The predicted molar refractivity (Wildman–Crippen MR) is 86.5 cm³/mol. The van der Waals surface area contributed by atoms with Gasteiger partial charge in [-0.2, -0.15) is 0 Å². The van der Waals surface area contributed by atoms with E-state index in [4.69, 9.17) is 4.98 Å². The average molecular weight is 274 g/mol. The first-order valence-electron chi connectivity index (χ1n) is 6.59. The number of pyridine rings is 1. The highest BCUT2D eigenvalue weighted by Crippen LogP contribution is 2.35. The second-order valence-electron chi connectivity index (χ2n) is 5.00. The second-order valence-corrected chi connectivity index (χ2v) is 6.08. The molecule has 0 bridgehead atoms. The largest absolute Gasteiger partial charge is 0.339 e. The summed E-state index contributed by atoms with van der Waals surface area (Å²) in [5.74, 6) is 0. The highest BCUT2D eigenvalue weighted by Gasteiger charge is 2.10. The Hall–Kier alpha value is -2.39. The number of hydrogen-bond acceptors (Lipinski definition) is 2. The third kappa shape index (κ3) is 1.25. The van der Waals surface area contributed by atoms with Crippen LogP contribution >= 0.6 is 11.3 Å². The molecule has 0 unspecified atom stereocenters. The molecule has 94 valence electrons. The maximum atomic E-state index is 4.86. The Balaban J connectivity index is 2.05. The van der Waals surface area contributed by atoms with E-state index in [0.29, 0.717) is 0 Å². The zero-order chi connectivity index (χ0) is 13.1. The molecule has 0 saturated heterocycles. The molecule has 20 heavy (non-hydrogen) atoms. The quantitative estimate of drug-likeness (QED) is 0.419. The van der Waals surface area contributed by atoms with Crippen molar-refractivity contribution in [3.05, 3.63) is 54.6 Å². The van der Waals surface area contributed by atoms with Crippen LogP contribution in [0, 0.1) is 0 Å². The molecule has 0 radical (unpaired) electrons. The van der Waals surface area contributed by atoms with E-state index >= 15 is 0 Å². The van der Waals surface area contributed by atoms with Crippen molar-refractivity contribution in [2.45, 2.75) is 0 Å². The molecular weight excluding hydrogens is 264 g/mol. The summed E-state index contributed by atoms with van der Waals surface area (Å²) in [7, 11) is 0. The van der Waals surface area contributed by atoms with Crippen LogP contribution in [0.1, 0.15) is 0 Å². The van der Waals surface area contributed by atoms with Gasteiger partial charge in [-0.3, -0.25) is 0 Å². The molecule has 3 heterocycles. The van der Waals surface area contributed by atoms with E-state index in [-0.39, 0.29) is 0 Å². The van der Waals surface area contributed by atoms with Gasteiger partial charge in [-0.05, 0) is 18.2 Å². The minimum Gasteiger partial charge on any atom is -0.339 e. The minimum absolute atomic E-state index is 0.974. The molecule has 0 aliphatic rings. The van der Waals surface area contributed by atoms with Crippen LogP contribution in [0.5, 0.6) is 0 Å². The molecule has 2 aromatic carbocycles. The lowest BCUT2D eigenvalue weighted by Crippen LogP contribution is -1.76. The SMILES string of the molecule is c1ccc2c(c1)[nH]c1nc3c(cc12)sc1ccccc13. The number of thiophene rings is 1. The summed E-state index contributed by atoms with van der Waals surface area (Å²) in [4.78, 5) is 8.28. The fourth-order valence-electron chi connectivity index (χ4n) is 2.89. The van der Waals surface area contributed by atoms with E-state index in [0.717, 1.165) is 16.7 Å². The van der Waals surface area contributed by atoms with Crippen LogP contribution in [0.2, 0.25) is 0 Å². The molecule has 0 fully saturated rings. The third-order valence-corrected chi connectivity index (χ3v) is 4.93. The molecule has 3 heteroatoms. The number of H-pyrrole nitrogens is 1. The Morgan fingerprint density at radius 2 is 1.60 bits per heavy atom. The van der Waals surface area contributed by atoms with E-state index in [1.165, 1.54) is 25.6 Å². The molecule has 0 aliphatic carbocycles. The number of nitrogens with zero attached hydrogens (tertiary/aromatic N) is 1. The van der Waals surface area contributed by atoms with Crippen LogP contribution in [-0.4, -0.2) is 9.97 Å². The van der Waals surface area contributed by atoms with Crippen LogP contribution < -0.4 is 0 Å². The summed E-state index contributed by atoms with van der Waals surface area (Å²) in [6.07, 6.45) is 0. The molecule has 3 aromatic heterocycles. The van der Waals surface area contributed by atoms with Crippen molar-refractivity contribution in [3.8, 4) is 0 Å². The summed E-state index contributed by atoms with van der Waals surface area (Å²) in [5, 5.41) is 3.70. The van der Waals surface area contributed by atoms with Gasteiger partial charge in [-0.1, -0.05) is 36.4 Å². The van der Waals surface area contributed by atoms with Crippen LogP contribution in [0.4, 0.5) is 0 Å². The average Bonchev–Trinajstić information content (AvgIpc) is 3.02. The number of rotatable bonds is 0. The fourth-order valence-corrected chi connectivity index (χ4v) is 3.98. The Bertz CT molecular complexity index is 1010. The summed E-state index contributed by atoms with van der Waals surface area (Å²) in [6, 6.07) is 19.1. The van der Waals surface area contributed by atoms with Gasteiger partial charge in [0.05, 0.1) is 10.2 Å². The predicted octanol–water partition coefficient (Wildman–Crippen LogP) is 5.08. The summed E-state index contributed by atoms with van der Waals surface area (Å²) >= 11 is 1.81. The maximum Gasteiger partial charge on any atom is 0.139 e. The van der Waals surface area contributed by atoms with Crippen molar-refractivity contribution in [3.63, 3.8) is 0 Å². The smallest absolute Gasteiger partial charge is 0.139 e. The van der Waals surface area contributed by atoms with E-state index in [2.05, 4.69) is 59.6 Å². The molecule has 1 N–H and O–H groups in total. The summed E-state index contributed by atoms with van der Waals surface area (Å²) in [6.45, 7) is 0. The van der Waals surface area contributed by atoms with Crippen LogP contribution in [-0.2, 0) is 0 Å². The molecule has 0 amide bonds. The first-order chi connectivity index (χ1) is 9.90. The monoisotopic (exact) mass is 274 g/mol. The number of hydrogen-bond donors (Lipinski definition) is 1. The standard InChI is InChI=1S/C17H10N2S/c1-3-7-13-10(5-1)12-9-15-16(19-17(12)18-13)11-6-2-4-8-14(11)20-15/h1-9H,(H,18,19). The molecule has 0 spiro atoms. The Labute approximate surface area is 118 Å². The first kappa shape index (κ1) is 10.4. The van der Waals surface area contributed by atoms with Gasteiger partial charge in [-0.25, -0.2) is 4.98 Å². The van der Waals surface area contributed by atoms with Gasteiger partial charge in [0, 0.05) is 26.4 Å². The number of fused-ring (bicyclic) bond motifs is 6. The van der Waals surface area contributed by atoms with Crippen molar-refractivity contribution in [2.24, 2.45) is 0 Å². The topological polar surface area (TPSA) is 28.7 Å². The number of nitrogens with one attached hydrogen (secondary N) is 1. The van der Waals surface area contributed by atoms with E-state index in [1.807, 2.05) is 11.3 Å². The van der Waals surface area contributed by atoms with Crippen molar-refractivity contribution >= 4 is 53.6 Å². The fraction of sp³-hybridized carbons (Fsp3) is 0. The molecule has 5 rings (SSSR count). The minimum atomic E-state index is 0.974. The lowest BCUT2D eigenvalue weighted by molar-refractivity contribution is 1.42. The molecule has 0 aliphatic heterocycles. The van der Waals surface area contributed by atoms with Gasteiger partial charge in [0.25, 0.3) is 0 Å². The molecule has 0 atom stereocenters. The van der Waals surface area contributed by atoms with Crippen LogP contribution in [0.15, 0.2) is 54.6 Å². The maximum absolute atomic E-state index is 4.86. The highest BCUT2D eigenvalue weighted by atomic mass is 32.1. The van der Waals surface area contributed by atoms with E-state index in [1.54, 1.807) is 0 Å². The van der Waals surface area contributed by atoms with Crippen molar-refractivity contribution in [2.75, 3.05) is 0 Å². The number of aromatic amines is 1. The van der Waals surface area contributed by atoms with Gasteiger partial charge >= 0.3 is 0 Å².